The van der Waals surface area contributed by atoms with Crippen molar-refractivity contribution >= 4 is 28.7 Å². The molecule has 2 aromatic carbocycles. The molecule has 3 nitrogen and oxygen atoms in total. The first-order chi connectivity index (χ1) is 10.0. The van der Waals surface area contributed by atoms with Crippen molar-refractivity contribution in [3.63, 3.8) is 0 Å². The van der Waals surface area contributed by atoms with Gasteiger partial charge in [0.05, 0.1) is 11.4 Å². The molecule has 0 amide bonds. The van der Waals surface area contributed by atoms with Crippen molar-refractivity contribution in [3.05, 3.63) is 58.9 Å². The first-order valence-electron chi connectivity index (χ1n) is 6.54. The molecular formula is C16H17ClFN3. The molecule has 0 bridgehead atoms. The van der Waals surface area contributed by atoms with Crippen LogP contribution in [0.15, 0.2) is 47.6 Å². The molecule has 0 heterocycles. The van der Waals surface area contributed by atoms with Gasteiger partial charge in [0.2, 0.25) is 0 Å². The summed E-state index contributed by atoms with van der Waals surface area (Å²) in [6.45, 7) is 1.86. The Hall–Kier alpha value is -2.07. The first kappa shape index (κ1) is 15.3. The molecule has 2 rings (SSSR count). The fourth-order valence-corrected chi connectivity index (χ4v) is 2.25. The normalized spacial score (nSPS) is 11.4. The van der Waals surface area contributed by atoms with Crippen molar-refractivity contribution < 1.29 is 4.39 Å². The lowest BCUT2D eigenvalue weighted by Crippen LogP contribution is -2.14. The van der Waals surface area contributed by atoms with E-state index in [1.54, 1.807) is 25.2 Å². The van der Waals surface area contributed by atoms with Crippen LogP contribution in [0.5, 0.6) is 0 Å². The lowest BCUT2D eigenvalue weighted by Gasteiger charge is -2.16. The Morgan fingerprint density at radius 3 is 2.62 bits per heavy atom. The minimum absolute atomic E-state index is 0.309. The highest BCUT2D eigenvalue weighted by molar-refractivity contribution is 6.31. The maximum atomic E-state index is 13.8. The van der Waals surface area contributed by atoms with Gasteiger partial charge in [0.25, 0.3) is 0 Å². The fraction of sp³-hybridized carbons (Fsp3) is 0.188. The Morgan fingerprint density at radius 1 is 1.24 bits per heavy atom. The number of anilines is 2. The van der Waals surface area contributed by atoms with Crippen LogP contribution in [0.1, 0.15) is 12.5 Å². The number of hydrazone groups is 1. The van der Waals surface area contributed by atoms with E-state index < -0.39 is 0 Å². The van der Waals surface area contributed by atoms with Gasteiger partial charge in [0.15, 0.2) is 0 Å². The van der Waals surface area contributed by atoms with Crippen LogP contribution in [-0.4, -0.2) is 19.8 Å². The van der Waals surface area contributed by atoms with E-state index in [1.165, 1.54) is 11.1 Å². The zero-order valence-corrected chi connectivity index (χ0v) is 12.9. The molecule has 0 aliphatic heterocycles. The number of benzene rings is 2. The number of para-hydroxylation sites is 1. The highest BCUT2D eigenvalue weighted by atomic mass is 35.5. The van der Waals surface area contributed by atoms with Crippen molar-refractivity contribution in [2.24, 2.45) is 5.10 Å². The van der Waals surface area contributed by atoms with E-state index in [9.17, 15) is 4.39 Å². The van der Waals surface area contributed by atoms with Crippen molar-refractivity contribution in [3.8, 4) is 0 Å². The van der Waals surface area contributed by atoms with Crippen molar-refractivity contribution in [2.75, 3.05) is 24.4 Å². The molecule has 0 atom stereocenters. The van der Waals surface area contributed by atoms with Gasteiger partial charge >= 0.3 is 0 Å². The number of nitrogens with zero attached hydrogens (tertiary/aromatic N) is 2. The quantitative estimate of drug-likeness (QED) is 0.670. The number of rotatable bonds is 4. The summed E-state index contributed by atoms with van der Waals surface area (Å²) in [5, 5.41) is 9.69. The van der Waals surface area contributed by atoms with Crippen molar-refractivity contribution in [1.29, 1.82) is 0 Å². The van der Waals surface area contributed by atoms with E-state index in [0.29, 0.717) is 10.7 Å². The van der Waals surface area contributed by atoms with E-state index in [1.807, 2.05) is 32.2 Å². The molecule has 0 saturated carbocycles. The average Bonchev–Trinajstić information content (AvgIpc) is 2.47. The van der Waals surface area contributed by atoms with Gasteiger partial charge in [0.1, 0.15) is 5.82 Å². The standard InChI is InChI=1S/C16H17ClFN3/c1-11(13-10-12(17)8-9-15(13)19-2)20-21(3)16-7-5-4-6-14(16)18/h4-10,19H,1-3H3/b20-11+. The number of halogens is 2. The SMILES string of the molecule is CNc1ccc(Cl)cc1/C(C)=N/N(C)c1ccccc1F. The molecule has 2 aromatic rings. The number of nitrogens with one attached hydrogen (secondary N) is 1. The van der Waals surface area contributed by atoms with Gasteiger partial charge in [-0.05, 0) is 37.3 Å². The van der Waals surface area contributed by atoms with Gasteiger partial charge in [-0.3, -0.25) is 5.01 Å². The molecule has 0 spiro atoms. The fourth-order valence-electron chi connectivity index (χ4n) is 2.08. The molecule has 21 heavy (non-hydrogen) atoms. The molecule has 0 saturated heterocycles. The molecule has 0 aromatic heterocycles. The molecule has 0 aliphatic rings. The Kier molecular flexibility index (Phi) is 4.81. The van der Waals surface area contributed by atoms with Crippen LogP contribution in [0.25, 0.3) is 0 Å². The zero-order chi connectivity index (χ0) is 15.4. The summed E-state index contributed by atoms with van der Waals surface area (Å²) in [4.78, 5) is 0. The number of hydrogen-bond acceptors (Lipinski definition) is 3. The van der Waals surface area contributed by atoms with Crippen LogP contribution in [0, 0.1) is 5.82 Å². The van der Waals surface area contributed by atoms with Gasteiger partial charge in [-0.1, -0.05) is 23.7 Å². The topological polar surface area (TPSA) is 27.6 Å². The molecule has 1 N–H and O–H groups in total. The lowest BCUT2D eigenvalue weighted by atomic mass is 10.1. The highest BCUT2D eigenvalue weighted by Crippen LogP contribution is 2.23. The second-order valence-corrected chi connectivity index (χ2v) is 5.04. The third kappa shape index (κ3) is 3.52. The van der Waals surface area contributed by atoms with E-state index in [-0.39, 0.29) is 5.82 Å². The molecule has 5 heteroatoms. The lowest BCUT2D eigenvalue weighted by molar-refractivity contribution is 0.624. The maximum absolute atomic E-state index is 13.8. The summed E-state index contributed by atoms with van der Waals surface area (Å²) in [7, 11) is 3.55. The minimum Gasteiger partial charge on any atom is -0.388 e. The predicted molar refractivity (Wildman–Crippen MR) is 88.0 cm³/mol. The minimum atomic E-state index is -0.309. The molecule has 110 valence electrons. The van der Waals surface area contributed by atoms with Gasteiger partial charge in [0, 0.05) is 30.4 Å². The second kappa shape index (κ2) is 6.59. The Labute approximate surface area is 129 Å². The Bertz CT molecular complexity index is 670. The third-order valence-corrected chi connectivity index (χ3v) is 3.38. The highest BCUT2D eigenvalue weighted by Gasteiger charge is 2.09. The van der Waals surface area contributed by atoms with Crippen molar-refractivity contribution in [2.45, 2.75) is 6.92 Å². The van der Waals surface area contributed by atoms with Gasteiger partial charge < -0.3 is 5.32 Å². The van der Waals surface area contributed by atoms with E-state index in [0.717, 1.165) is 17.0 Å². The Balaban J connectivity index is 2.37. The third-order valence-electron chi connectivity index (χ3n) is 3.14. The molecule has 0 unspecified atom stereocenters. The van der Waals surface area contributed by atoms with E-state index in [2.05, 4.69) is 10.4 Å². The second-order valence-electron chi connectivity index (χ2n) is 4.60. The van der Waals surface area contributed by atoms with Gasteiger partial charge in [-0.15, -0.1) is 0 Å². The molecular weight excluding hydrogens is 289 g/mol. The maximum Gasteiger partial charge on any atom is 0.148 e. The van der Waals surface area contributed by atoms with Crippen LogP contribution >= 0.6 is 11.6 Å². The molecule has 0 aliphatic carbocycles. The van der Waals surface area contributed by atoms with Crippen molar-refractivity contribution in [1.82, 2.24) is 0 Å². The Morgan fingerprint density at radius 2 is 1.95 bits per heavy atom. The molecule has 0 fully saturated rings. The monoisotopic (exact) mass is 305 g/mol. The summed E-state index contributed by atoms with van der Waals surface area (Å²) in [6.07, 6.45) is 0. The van der Waals surface area contributed by atoms with Crippen LogP contribution in [0.3, 0.4) is 0 Å². The van der Waals surface area contributed by atoms with Crippen LogP contribution < -0.4 is 10.3 Å². The summed E-state index contributed by atoms with van der Waals surface area (Å²) in [5.41, 5.74) is 2.97. The summed E-state index contributed by atoms with van der Waals surface area (Å²) in [5.74, 6) is -0.309. The largest absolute Gasteiger partial charge is 0.388 e. The smallest absolute Gasteiger partial charge is 0.148 e. The summed E-state index contributed by atoms with van der Waals surface area (Å²) < 4.78 is 13.8. The average molecular weight is 306 g/mol. The molecule has 0 radical (unpaired) electrons. The van der Waals surface area contributed by atoms with Crippen LogP contribution in [-0.2, 0) is 0 Å². The first-order valence-corrected chi connectivity index (χ1v) is 6.92. The number of hydrogen-bond donors (Lipinski definition) is 1. The van der Waals surface area contributed by atoms with Crippen LogP contribution in [0.2, 0.25) is 5.02 Å². The predicted octanol–water partition coefficient (Wildman–Crippen LogP) is 4.38. The van der Waals surface area contributed by atoms with Gasteiger partial charge in [-0.2, -0.15) is 5.10 Å². The van der Waals surface area contributed by atoms with Crippen LogP contribution in [0.4, 0.5) is 15.8 Å². The van der Waals surface area contributed by atoms with E-state index in [4.69, 9.17) is 11.6 Å². The summed E-state index contributed by atoms with van der Waals surface area (Å²) in [6, 6.07) is 12.1. The van der Waals surface area contributed by atoms with Gasteiger partial charge in [-0.25, -0.2) is 4.39 Å². The zero-order valence-electron chi connectivity index (χ0n) is 12.2. The summed E-state index contributed by atoms with van der Waals surface area (Å²) >= 11 is 6.04. The van der Waals surface area contributed by atoms with E-state index >= 15 is 0 Å².